The number of carbonyl (C=O) groups is 4. The Morgan fingerprint density at radius 1 is 0.863 bits per heavy atom. The van der Waals surface area contributed by atoms with E-state index in [2.05, 4.69) is 40.1 Å². The van der Waals surface area contributed by atoms with Gasteiger partial charge in [0.1, 0.15) is 17.4 Å². The van der Waals surface area contributed by atoms with Gasteiger partial charge in [-0.1, -0.05) is 64.3 Å². The molecule has 4 amide bonds. The summed E-state index contributed by atoms with van der Waals surface area (Å²) in [6.07, 6.45) is 5.74. The van der Waals surface area contributed by atoms with E-state index < -0.39 is 11.8 Å². The zero-order valence-electron chi connectivity index (χ0n) is 30.3. The van der Waals surface area contributed by atoms with Gasteiger partial charge < -0.3 is 30.9 Å². The third kappa shape index (κ3) is 13.3. The second-order valence-electron chi connectivity index (χ2n) is 13.6. The molecule has 51 heavy (non-hydrogen) atoms. The molecule has 3 aromatic rings. The summed E-state index contributed by atoms with van der Waals surface area (Å²) in [5, 5.41) is 19.9. The van der Waals surface area contributed by atoms with Gasteiger partial charge in [-0.2, -0.15) is 0 Å². The number of carbonyl (C=O) groups excluding carboxylic acids is 4. The van der Waals surface area contributed by atoms with Crippen molar-refractivity contribution in [1.82, 2.24) is 20.5 Å². The molecule has 0 fully saturated rings. The maximum atomic E-state index is 13.4. The number of nitrogens with zero attached hydrogens (tertiary/aromatic N) is 2. The summed E-state index contributed by atoms with van der Waals surface area (Å²) in [5.41, 5.74) is 0.905. The van der Waals surface area contributed by atoms with Gasteiger partial charge in [-0.05, 0) is 67.6 Å². The molecule has 0 aliphatic heterocycles. The molecule has 12 nitrogen and oxygen atoms in total. The normalized spacial score (nSPS) is 11.1. The van der Waals surface area contributed by atoms with Crippen LogP contribution in [0.15, 0.2) is 60.8 Å². The van der Waals surface area contributed by atoms with E-state index in [1.165, 1.54) is 18.3 Å². The fourth-order valence-corrected chi connectivity index (χ4v) is 5.47. The Labute approximate surface area is 305 Å². The van der Waals surface area contributed by atoms with Crippen LogP contribution in [0, 0.1) is 16.7 Å². The van der Waals surface area contributed by atoms with Crippen LogP contribution in [0.2, 0.25) is 5.02 Å². The minimum Gasteiger partial charge on any atom is -0.484 e. The average molecular weight is 720 g/mol. The van der Waals surface area contributed by atoms with E-state index in [-0.39, 0.29) is 46.7 Å². The van der Waals surface area contributed by atoms with Crippen molar-refractivity contribution >= 4 is 52.6 Å². The maximum absolute atomic E-state index is 13.4. The Morgan fingerprint density at radius 2 is 1.51 bits per heavy atom. The zero-order valence-corrected chi connectivity index (χ0v) is 31.1. The van der Waals surface area contributed by atoms with Crippen LogP contribution in [0.5, 0.6) is 5.75 Å². The Kier molecular flexibility index (Phi) is 15.4. The highest BCUT2D eigenvalue weighted by Gasteiger charge is 2.28. The smallest absolute Gasteiger partial charge is 0.259 e. The molecule has 0 atom stereocenters. The average Bonchev–Trinajstić information content (AvgIpc) is 3.08. The van der Waals surface area contributed by atoms with Crippen molar-refractivity contribution < 1.29 is 23.9 Å². The third-order valence-corrected chi connectivity index (χ3v) is 8.16. The highest BCUT2D eigenvalue weighted by atomic mass is 35.5. The van der Waals surface area contributed by atoms with Crippen LogP contribution in [-0.2, 0) is 9.59 Å². The van der Waals surface area contributed by atoms with Crippen LogP contribution < -0.4 is 26.0 Å². The molecule has 13 heteroatoms. The van der Waals surface area contributed by atoms with Crippen molar-refractivity contribution in [2.45, 2.75) is 59.8 Å². The number of halogens is 1. The molecule has 0 aliphatic carbocycles. The van der Waals surface area contributed by atoms with Gasteiger partial charge >= 0.3 is 0 Å². The van der Waals surface area contributed by atoms with Crippen LogP contribution in [-0.4, -0.2) is 73.1 Å². The SMILES string of the molecule is CC(C)CC(C)(C)C(=O)NCCCCCCNC(=O)COc1ccc(NC(=O)c2ccc(C(=N)N(C)C)cc2)c(C(=O)Nc2ccc(Cl)cn2)c1. The molecule has 3 rings (SSSR count). The molecule has 0 unspecified atom stereocenters. The second kappa shape index (κ2) is 19.4. The molecule has 1 aromatic heterocycles. The lowest BCUT2D eigenvalue weighted by Gasteiger charge is -2.25. The van der Waals surface area contributed by atoms with Crippen LogP contribution in [0.1, 0.15) is 86.1 Å². The summed E-state index contributed by atoms with van der Waals surface area (Å²) in [6, 6.07) is 14.2. The molecule has 2 aromatic carbocycles. The first-order valence-corrected chi connectivity index (χ1v) is 17.5. The molecule has 5 N–H and O–H groups in total. The number of pyridine rings is 1. The largest absolute Gasteiger partial charge is 0.484 e. The van der Waals surface area contributed by atoms with Crippen molar-refractivity contribution in [3.63, 3.8) is 0 Å². The maximum Gasteiger partial charge on any atom is 0.259 e. The topological polar surface area (TPSA) is 166 Å². The van der Waals surface area contributed by atoms with Crippen molar-refractivity contribution in [3.05, 3.63) is 82.5 Å². The number of benzene rings is 2. The first-order chi connectivity index (χ1) is 24.2. The van der Waals surface area contributed by atoms with E-state index in [9.17, 15) is 19.2 Å². The van der Waals surface area contributed by atoms with Crippen LogP contribution in [0.4, 0.5) is 11.5 Å². The van der Waals surface area contributed by atoms with Crippen LogP contribution >= 0.6 is 11.6 Å². The number of hydrogen-bond donors (Lipinski definition) is 5. The van der Waals surface area contributed by atoms with Gasteiger partial charge in [0.25, 0.3) is 17.7 Å². The lowest BCUT2D eigenvalue weighted by Crippen LogP contribution is -2.38. The standard InChI is InChI=1S/C38H50ClN7O5/c1-25(2)22-38(3,4)37(50)42-20-10-8-7-9-19-41-33(47)24-51-29-16-17-31(30(21-29)36(49)45-32-18-15-28(39)23-43-32)44-35(48)27-13-11-26(12-14-27)34(40)46(5)6/h11-18,21,23,25,40H,7-10,19-20,22,24H2,1-6H3,(H,41,47)(H,42,50)(H,44,48)(H,43,45,49). The highest BCUT2D eigenvalue weighted by Crippen LogP contribution is 2.26. The van der Waals surface area contributed by atoms with Crippen molar-refractivity contribution in [2.75, 3.05) is 44.4 Å². The van der Waals surface area contributed by atoms with Gasteiger partial charge in [-0.15, -0.1) is 0 Å². The van der Waals surface area contributed by atoms with Gasteiger partial charge in [-0.25, -0.2) is 4.98 Å². The number of nitrogens with one attached hydrogen (secondary N) is 5. The van der Waals surface area contributed by atoms with E-state index in [4.69, 9.17) is 21.7 Å². The lowest BCUT2D eigenvalue weighted by molar-refractivity contribution is -0.130. The second-order valence-corrected chi connectivity index (χ2v) is 14.0. The fourth-order valence-electron chi connectivity index (χ4n) is 5.36. The Morgan fingerprint density at radius 3 is 2.12 bits per heavy atom. The minimum absolute atomic E-state index is 0.0825. The first kappa shape index (κ1) is 40.5. The Hall–Kier alpha value is -4.97. The summed E-state index contributed by atoms with van der Waals surface area (Å²) < 4.78 is 5.71. The van der Waals surface area contributed by atoms with Crippen LogP contribution in [0.25, 0.3) is 0 Å². The van der Waals surface area contributed by atoms with E-state index in [0.29, 0.717) is 41.0 Å². The van der Waals surface area contributed by atoms with Gasteiger partial charge in [0.2, 0.25) is 5.91 Å². The van der Waals surface area contributed by atoms with E-state index in [1.807, 2.05) is 13.8 Å². The molecular weight excluding hydrogens is 670 g/mol. The summed E-state index contributed by atoms with van der Waals surface area (Å²) in [4.78, 5) is 57.2. The monoisotopic (exact) mass is 719 g/mol. The highest BCUT2D eigenvalue weighted by molar-refractivity contribution is 6.30. The molecule has 0 spiro atoms. The quantitative estimate of drug-likeness (QED) is 0.0579. The van der Waals surface area contributed by atoms with Gasteiger partial charge in [0.05, 0.1) is 16.3 Å². The molecule has 0 radical (unpaired) electrons. The zero-order chi connectivity index (χ0) is 37.6. The summed E-state index contributed by atoms with van der Waals surface area (Å²) in [7, 11) is 3.53. The number of ether oxygens (including phenoxy) is 1. The van der Waals surface area contributed by atoms with E-state index in [1.54, 1.807) is 61.5 Å². The predicted octanol–water partition coefficient (Wildman–Crippen LogP) is 6.37. The van der Waals surface area contributed by atoms with E-state index in [0.717, 1.165) is 32.1 Å². The number of hydrogen-bond acceptors (Lipinski definition) is 7. The molecule has 1 heterocycles. The van der Waals surface area contributed by atoms with Gasteiger partial charge in [0.15, 0.2) is 6.61 Å². The molecule has 0 saturated carbocycles. The van der Waals surface area contributed by atoms with Crippen molar-refractivity contribution in [2.24, 2.45) is 11.3 Å². The minimum atomic E-state index is -0.566. The Bertz CT molecular complexity index is 1660. The number of aromatic nitrogens is 1. The molecule has 0 aliphatic rings. The third-order valence-electron chi connectivity index (χ3n) is 7.94. The number of unbranched alkanes of at least 4 members (excludes halogenated alkanes) is 3. The summed E-state index contributed by atoms with van der Waals surface area (Å²) >= 11 is 5.93. The first-order valence-electron chi connectivity index (χ1n) is 17.1. The Balaban J connectivity index is 1.54. The molecular formula is C38H50ClN7O5. The number of anilines is 2. The fraction of sp³-hybridized carbons (Fsp3) is 0.421. The number of rotatable bonds is 18. The van der Waals surface area contributed by atoms with Gasteiger partial charge in [-0.3, -0.25) is 24.6 Å². The van der Waals surface area contributed by atoms with Crippen molar-refractivity contribution in [3.8, 4) is 5.75 Å². The molecule has 0 bridgehead atoms. The molecule has 274 valence electrons. The van der Waals surface area contributed by atoms with E-state index >= 15 is 0 Å². The van der Waals surface area contributed by atoms with Gasteiger partial charge in [0, 0.05) is 49.9 Å². The van der Waals surface area contributed by atoms with Crippen LogP contribution in [0.3, 0.4) is 0 Å². The number of amidine groups is 1. The number of amides is 4. The summed E-state index contributed by atoms with van der Waals surface area (Å²) in [6.45, 7) is 9.04. The predicted molar refractivity (Wildman–Crippen MR) is 202 cm³/mol. The van der Waals surface area contributed by atoms with Crippen molar-refractivity contribution in [1.29, 1.82) is 5.41 Å². The summed E-state index contributed by atoms with van der Waals surface area (Å²) in [5.74, 6) is 0.00739. The molecule has 0 saturated heterocycles. The lowest BCUT2D eigenvalue weighted by atomic mass is 9.83.